The van der Waals surface area contributed by atoms with Crippen molar-refractivity contribution in [2.45, 2.75) is 13.8 Å². The fourth-order valence-corrected chi connectivity index (χ4v) is 2.41. The predicted molar refractivity (Wildman–Crippen MR) is 65.2 cm³/mol. The maximum absolute atomic E-state index is 4.47. The highest BCUT2D eigenvalue weighted by atomic mass is 32.2. The molecule has 78 valence electrons. The molecule has 0 bridgehead atoms. The Morgan fingerprint density at radius 1 is 1.43 bits per heavy atom. The number of aliphatic imine (C=N–C) groups is 1. The molecule has 1 rings (SSSR count). The Bertz CT molecular complexity index is 412. The van der Waals surface area contributed by atoms with Crippen LogP contribution in [0, 0.1) is 13.8 Å². The normalized spacial score (nSPS) is 13.8. The number of aromatic nitrogens is 1. The molecule has 0 aliphatic heterocycles. The van der Waals surface area contributed by atoms with Gasteiger partial charge >= 0.3 is 0 Å². The molecular weight excluding hydrogens is 214 g/mol. The summed E-state index contributed by atoms with van der Waals surface area (Å²) in [5.74, 6) is 0. The molecule has 0 atom stereocenters. The summed E-state index contributed by atoms with van der Waals surface area (Å²) in [6.45, 7) is 4.22. The quantitative estimate of drug-likeness (QED) is 0.494. The van der Waals surface area contributed by atoms with Crippen molar-refractivity contribution < 1.29 is 0 Å². The SMILES string of the molecule is CN=C(/N=c1/sc(C)c(C)n1C)SC. The topological polar surface area (TPSA) is 29.6 Å². The van der Waals surface area contributed by atoms with Crippen molar-refractivity contribution in [1.29, 1.82) is 0 Å². The molecular formula is C9H15N3S2. The van der Waals surface area contributed by atoms with Crippen molar-refractivity contribution in [3.63, 3.8) is 0 Å². The number of thiazole rings is 1. The van der Waals surface area contributed by atoms with Crippen molar-refractivity contribution in [1.82, 2.24) is 4.57 Å². The summed E-state index contributed by atoms with van der Waals surface area (Å²) >= 11 is 3.27. The van der Waals surface area contributed by atoms with Crippen molar-refractivity contribution in [2.24, 2.45) is 17.0 Å². The lowest BCUT2D eigenvalue weighted by Gasteiger charge is -1.95. The Balaban J connectivity index is 3.26. The Labute approximate surface area is 92.6 Å². The number of aryl methyl sites for hydroxylation is 1. The molecule has 14 heavy (non-hydrogen) atoms. The molecule has 5 heteroatoms. The molecule has 0 radical (unpaired) electrons. The second-order valence-electron chi connectivity index (χ2n) is 2.91. The van der Waals surface area contributed by atoms with Gasteiger partial charge in [-0.2, -0.15) is 4.99 Å². The zero-order valence-electron chi connectivity index (χ0n) is 9.16. The van der Waals surface area contributed by atoms with Gasteiger partial charge in [-0.15, -0.1) is 11.3 Å². The largest absolute Gasteiger partial charge is 0.324 e. The number of rotatable bonds is 0. The summed E-state index contributed by atoms with van der Waals surface area (Å²) in [6, 6.07) is 0. The minimum atomic E-state index is 0.821. The van der Waals surface area contributed by atoms with Crippen LogP contribution in [-0.4, -0.2) is 23.0 Å². The Morgan fingerprint density at radius 2 is 2.07 bits per heavy atom. The van der Waals surface area contributed by atoms with Gasteiger partial charge in [0.05, 0.1) is 0 Å². The highest BCUT2D eigenvalue weighted by Gasteiger charge is 2.02. The third-order valence-electron chi connectivity index (χ3n) is 2.11. The van der Waals surface area contributed by atoms with Crippen LogP contribution in [0.4, 0.5) is 0 Å². The average molecular weight is 229 g/mol. The van der Waals surface area contributed by atoms with E-state index >= 15 is 0 Å². The Hall–Kier alpha value is -0.550. The van der Waals surface area contributed by atoms with Crippen molar-refractivity contribution in [3.8, 4) is 0 Å². The fraction of sp³-hybridized carbons (Fsp3) is 0.556. The van der Waals surface area contributed by atoms with Crippen LogP contribution >= 0.6 is 23.1 Å². The van der Waals surface area contributed by atoms with Crippen LogP contribution in [-0.2, 0) is 7.05 Å². The lowest BCUT2D eigenvalue weighted by molar-refractivity contribution is 0.833. The van der Waals surface area contributed by atoms with Crippen molar-refractivity contribution in [2.75, 3.05) is 13.3 Å². The van der Waals surface area contributed by atoms with E-state index in [9.17, 15) is 0 Å². The van der Waals surface area contributed by atoms with Gasteiger partial charge in [0.2, 0.25) is 0 Å². The first-order valence-corrected chi connectivity index (χ1v) is 6.32. The van der Waals surface area contributed by atoms with Gasteiger partial charge in [-0.25, -0.2) is 0 Å². The maximum Gasteiger partial charge on any atom is 0.192 e. The Morgan fingerprint density at radius 3 is 2.43 bits per heavy atom. The van der Waals surface area contributed by atoms with Gasteiger partial charge in [0, 0.05) is 24.7 Å². The fourth-order valence-electron chi connectivity index (χ4n) is 1.03. The van der Waals surface area contributed by atoms with E-state index in [1.807, 2.05) is 13.3 Å². The highest BCUT2D eigenvalue weighted by molar-refractivity contribution is 8.13. The third-order valence-corrected chi connectivity index (χ3v) is 3.90. The van der Waals surface area contributed by atoms with Crippen LogP contribution in [0.3, 0.4) is 0 Å². The summed E-state index contributed by atoms with van der Waals surface area (Å²) in [4.78, 5) is 10.9. The summed E-state index contributed by atoms with van der Waals surface area (Å²) in [5.41, 5.74) is 1.27. The lowest BCUT2D eigenvalue weighted by Crippen LogP contribution is -2.13. The zero-order chi connectivity index (χ0) is 10.7. The summed E-state index contributed by atoms with van der Waals surface area (Å²) in [5, 5.41) is 0.821. The van der Waals surface area contributed by atoms with E-state index in [4.69, 9.17) is 0 Å². The molecule has 0 saturated carbocycles. The lowest BCUT2D eigenvalue weighted by atomic mass is 10.4. The van der Waals surface area contributed by atoms with Crippen LogP contribution in [0.5, 0.6) is 0 Å². The molecule has 1 heterocycles. The summed E-state index contributed by atoms with van der Waals surface area (Å²) in [7, 11) is 3.80. The van der Waals surface area contributed by atoms with E-state index in [0.717, 1.165) is 9.97 Å². The number of thioether (sulfide) groups is 1. The van der Waals surface area contributed by atoms with Gasteiger partial charge in [0.1, 0.15) is 0 Å². The van der Waals surface area contributed by atoms with Crippen LogP contribution in [0.2, 0.25) is 0 Å². The maximum atomic E-state index is 4.47. The van der Waals surface area contributed by atoms with Crippen LogP contribution < -0.4 is 4.80 Å². The van der Waals surface area contributed by atoms with Gasteiger partial charge in [-0.05, 0) is 20.1 Å². The van der Waals surface area contributed by atoms with Gasteiger partial charge < -0.3 is 4.57 Å². The van der Waals surface area contributed by atoms with Gasteiger partial charge in [0.25, 0.3) is 0 Å². The second-order valence-corrected chi connectivity index (χ2v) is 4.86. The van der Waals surface area contributed by atoms with E-state index in [1.165, 1.54) is 10.6 Å². The third kappa shape index (κ3) is 2.27. The van der Waals surface area contributed by atoms with Crippen LogP contribution in [0.1, 0.15) is 10.6 Å². The summed E-state index contributed by atoms with van der Waals surface area (Å²) in [6.07, 6.45) is 1.99. The van der Waals surface area contributed by atoms with E-state index in [-0.39, 0.29) is 0 Å². The molecule has 0 N–H and O–H groups in total. The molecule has 0 aliphatic rings. The Kier molecular flexibility index (Phi) is 3.95. The first kappa shape index (κ1) is 11.5. The molecule has 0 unspecified atom stereocenters. The summed E-state index contributed by atoms with van der Waals surface area (Å²) < 4.78 is 2.10. The van der Waals surface area contributed by atoms with E-state index in [2.05, 4.69) is 28.4 Å². The minimum Gasteiger partial charge on any atom is -0.324 e. The average Bonchev–Trinajstić information content (AvgIpc) is 2.42. The number of nitrogens with zero attached hydrogens (tertiary/aromatic N) is 3. The number of hydrogen-bond acceptors (Lipinski definition) is 3. The van der Waals surface area contributed by atoms with Gasteiger partial charge in [-0.3, -0.25) is 4.99 Å². The van der Waals surface area contributed by atoms with Crippen LogP contribution in [0.25, 0.3) is 0 Å². The highest BCUT2D eigenvalue weighted by Crippen LogP contribution is 2.08. The zero-order valence-corrected chi connectivity index (χ0v) is 10.8. The molecule has 0 amide bonds. The van der Waals surface area contributed by atoms with Crippen molar-refractivity contribution in [3.05, 3.63) is 15.4 Å². The minimum absolute atomic E-state index is 0.821. The van der Waals surface area contributed by atoms with E-state index in [0.29, 0.717) is 0 Å². The van der Waals surface area contributed by atoms with Gasteiger partial charge in [0.15, 0.2) is 9.97 Å². The smallest absolute Gasteiger partial charge is 0.192 e. The van der Waals surface area contributed by atoms with E-state index < -0.39 is 0 Å². The van der Waals surface area contributed by atoms with Crippen molar-refractivity contribution >= 4 is 28.3 Å². The standard InChI is InChI=1S/C9H15N3S2/c1-6-7(2)14-9(12(6)4)11-8(10-3)13-5/h1-5H3/b10-8?,11-9+. The molecule has 3 nitrogen and oxygen atoms in total. The first-order chi connectivity index (χ1) is 6.60. The molecule has 0 fully saturated rings. The predicted octanol–water partition coefficient (Wildman–Crippen LogP) is 1.95. The number of hydrogen-bond donors (Lipinski definition) is 0. The second kappa shape index (κ2) is 4.79. The molecule has 1 aromatic rings. The number of amidine groups is 1. The molecule has 0 saturated heterocycles. The van der Waals surface area contributed by atoms with Crippen LogP contribution in [0.15, 0.2) is 9.98 Å². The van der Waals surface area contributed by atoms with E-state index in [1.54, 1.807) is 30.1 Å². The molecule has 0 aliphatic carbocycles. The van der Waals surface area contributed by atoms with Gasteiger partial charge in [-0.1, -0.05) is 11.8 Å². The molecule has 0 spiro atoms. The molecule has 1 aromatic heterocycles. The molecule has 0 aromatic carbocycles. The monoisotopic (exact) mass is 229 g/mol. The first-order valence-electron chi connectivity index (χ1n) is 4.28.